The van der Waals surface area contributed by atoms with Gasteiger partial charge in [-0.3, -0.25) is 4.99 Å². The third-order valence-electron chi connectivity index (χ3n) is 3.79. The Kier molecular flexibility index (Phi) is 11.2. The van der Waals surface area contributed by atoms with Crippen LogP contribution in [0, 0.1) is 12.3 Å². The molecule has 0 aliphatic rings. The van der Waals surface area contributed by atoms with E-state index in [4.69, 9.17) is 4.74 Å². The van der Waals surface area contributed by atoms with Gasteiger partial charge in [0.05, 0.1) is 12.3 Å². The minimum absolute atomic E-state index is 0. The van der Waals surface area contributed by atoms with Crippen LogP contribution in [0.25, 0.3) is 0 Å². The van der Waals surface area contributed by atoms with E-state index in [1.165, 1.54) is 11.8 Å². The summed E-state index contributed by atoms with van der Waals surface area (Å²) < 4.78 is 28.3. The van der Waals surface area contributed by atoms with Crippen molar-refractivity contribution in [1.82, 2.24) is 10.6 Å². The third-order valence-corrected chi connectivity index (χ3v) is 4.74. The topological polar surface area (TPSA) is 79.8 Å². The molecule has 0 aromatic heterocycles. The number of hydrogen-bond acceptors (Lipinski definition) is 4. The molecule has 0 atom stereocenters. The highest BCUT2D eigenvalue weighted by atomic mass is 127. The number of guanidine groups is 1. The number of hydrogen-bond donors (Lipinski definition) is 2. The highest BCUT2D eigenvalue weighted by Crippen LogP contribution is 2.19. The predicted octanol–water partition coefficient (Wildman–Crippen LogP) is 2.62. The van der Waals surface area contributed by atoms with Crippen LogP contribution in [-0.2, 0) is 9.84 Å². The number of aryl methyl sites for hydroxylation is 1. The van der Waals surface area contributed by atoms with Gasteiger partial charge in [-0.2, -0.15) is 0 Å². The first-order chi connectivity index (χ1) is 11.6. The van der Waals surface area contributed by atoms with Gasteiger partial charge in [0, 0.05) is 19.8 Å². The Labute approximate surface area is 175 Å². The Morgan fingerprint density at radius 2 is 1.81 bits per heavy atom. The lowest BCUT2D eigenvalue weighted by atomic mass is 9.90. The first-order valence-corrected chi connectivity index (χ1v) is 10.5. The van der Waals surface area contributed by atoms with Crippen LogP contribution in [0.2, 0.25) is 0 Å². The molecule has 1 aromatic carbocycles. The van der Waals surface area contributed by atoms with Crippen molar-refractivity contribution in [2.75, 3.05) is 38.8 Å². The molecule has 1 rings (SSSR count). The van der Waals surface area contributed by atoms with Crippen molar-refractivity contribution in [3.8, 4) is 5.75 Å². The summed E-state index contributed by atoms with van der Waals surface area (Å²) in [4.78, 5) is 4.18. The van der Waals surface area contributed by atoms with Crippen LogP contribution in [0.3, 0.4) is 0 Å². The number of benzene rings is 1. The Balaban J connectivity index is 0.00000625. The summed E-state index contributed by atoms with van der Waals surface area (Å²) in [5, 5.41) is 6.43. The van der Waals surface area contributed by atoms with Crippen LogP contribution in [0.15, 0.2) is 29.3 Å². The number of halogens is 1. The number of aliphatic imine (C=N–C) groups is 1. The van der Waals surface area contributed by atoms with Gasteiger partial charge in [-0.25, -0.2) is 8.42 Å². The van der Waals surface area contributed by atoms with Crippen LogP contribution in [0.4, 0.5) is 0 Å². The second-order valence-corrected chi connectivity index (χ2v) is 9.32. The van der Waals surface area contributed by atoms with E-state index in [-0.39, 0.29) is 35.1 Å². The van der Waals surface area contributed by atoms with Gasteiger partial charge in [0.25, 0.3) is 0 Å². The fourth-order valence-electron chi connectivity index (χ4n) is 2.07. The van der Waals surface area contributed by atoms with Crippen molar-refractivity contribution in [3.63, 3.8) is 0 Å². The largest absolute Gasteiger partial charge is 0.492 e. The van der Waals surface area contributed by atoms with Crippen molar-refractivity contribution in [3.05, 3.63) is 29.8 Å². The lowest BCUT2D eigenvalue weighted by Gasteiger charge is -2.25. The monoisotopic (exact) mass is 497 g/mol. The summed E-state index contributed by atoms with van der Waals surface area (Å²) in [6.07, 6.45) is 1.87. The highest BCUT2D eigenvalue weighted by Gasteiger charge is 2.20. The second kappa shape index (κ2) is 11.6. The molecule has 2 N–H and O–H groups in total. The summed E-state index contributed by atoms with van der Waals surface area (Å²) in [6, 6.07) is 7.93. The van der Waals surface area contributed by atoms with E-state index in [1.807, 2.05) is 45.0 Å². The zero-order chi connectivity index (χ0) is 18.9. The molecule has 0 aliphatic heterocycles. The van der Waals surface area contributed by atoms with E-state index in [1.54, 1.807) is 7.05 Å². The molecule has 0 spiro atoms. The molecule has 0 amide bonds. The molecular weight excluding hydrogens is 465 g/mol. The quantitative estimate of drug-likeness (QED) is 0.237. The first-order valence-electron chi connectivity index (χ1n) is 8.43. The molecule has 0 heterocycles. The lowest BCUT2D eigenvalue weighted by Crippen LogP contribution is -2.43. The van der Waals surface area contributed by atoms with Gasteiger partial charge in [-0.05, 0) is 30.9 Å². The van der Waals surface area contributed by atoms with Gasteiger partial charge >= 0.3 is 0 Å². The number of sulfone groups is 1. The van der Waals surface area contributed by atoms with Crippen LogP contribution in [0.1, 0.15) is 25.8 Å². The Bertz CT molecular complexity index is 659. The van der Waals surface area contributed by atoms with Gasteiger partial charge in [-0.15, -0.1) is 24.0 Å². The summed E-state index contributed by atoms with van der Waals surface area (Å²) in [6.45, 7) is 7.91. The molecule has 0 aliphatic carbocycles. The van der Waals surface area contributed by atoms with Gasteiger partial charge in [-0.1, -0.05) is 31.5 Å². The maximum absolute atomic E-state index is 11.3. The fraction of sp³-hybridized carbons (Fsp3) is 0.611. The van der Waals surface area contributed by atoms with Crippen molar-refractivity contribution >= 4 is 39.8 Å². The standard InChI is InChI=1S/C18H31N3O3S.HI/c1-15-6-8-16(9-7-15)24-12-11-20-17(19-4)21-14-18(2,3)10-13-25(5,22)23;/h6-9H,10-14H2,1-5H3,(H2,19,20,21);1H. The minimum atomic E-state index is -2.94. The van der Waals surface area contributed by atoms with Crippen LogP contribution in [-0.4, -0.2) is 53.1 Å². The van der Waals surface area contributed by atoms with Crippen molar-refractivity contribution in [2.45, 2.75) is 27.2 Å². The fourth-order valence-corrected chi connectivity index (χ4v) is 2.99. The Morgan fingerprint density at radius 1 is 1.19 bits per heavy atom. The number of ether oxygens (including phenoxy) is 1. The molecule has 6 nitrogen and oxygen atoms in total. The summed E-state index contributed by atoms with van der Waals surface area (Å²) in [5.74, 6) is 1.72. The van der Waals surface area contributed by atoms with Gasteiger partial charge in [0.2, 0.25) is 0 Å². The van der Waals surface area contributed by atoms with E-state index in [9.17, 15) is 8.42 Å². The molecule has 0 bridgehead atoms. The van der Waals surface area contributed by atoms with Crippen LogP contribution >= 0.6 is 24.0 Å². The molecule has 0 saturated carbocycles. The molecule has 26 heavy (non-hydrogen) atoms. The zero-order valence-corrected chi connectivity index (χ0v) is 19.5. The second-order valence-electron chi connectivity index (χ2n) is 7.06. The average Bonchev–Trinajstić information content (AvgIpc) is 2.53. The molecule has 0 radical (unpaired) electrons. The highest BCUT2D eigenvalue weighted by molar-refractivity contribution is 14.0. The molecular formula is C18H32IN3O3S. The molecule has 8 heteroatoms. The molecule has 0 fully saturated rings. The van der Waals surface area contributed by atoms with Gasteiger partial charge < -0.3 is 15.4 Å². The lowest BCUT2D eigenvalue weighted by molar-refractivity contribution is 0.320. The maximum atomic E-state index is 11.3. The molecule has 0 saturated heterocycles. The SMILES string of the molecule is CN=C(NCCOc1ccc(C)cc1)NCC(C)(C)CCS(C)(=O)=O.I. The number of nitrogens with one attached hydrogen (secondary N) is 2. The maximum Gasteiger partial charge on any atom is 0.191 e. The Morgan fingerprint density at radius 3 is 2.35 bits per heavy atom. The smallest absolute Gasteiger partial charge is 0.191 e. The zero-order valence-electron chi connectivity index (χ0n) is 16.3. The number of nitrogens with zero attached hydrogens (tertiary/aromatic N) is 1. The first kappa shape index (κ1) is 25.0. The summed E-state index contributed by atoms with van der Waals surface area (Å²) in [5.41, 5.74) is 1.06. The normalized spacial score (nSPS) is 12.3. The van der Waals surface area contributed by atoms with Crippen LogP contribution < -0.4 is 15.4 Å². The summed E-state index contributed by atoms with van der Waals surface area (Å²) in [7, 11) is -1.23. The van der Waals surface area contributed by atoms with E-state index >= 15 is 0 Å². The Hall–Kier alpha value is -1.03. The minimum Gasteiger partial charge on any atom is -0.492 e. The molecule has 1 aromatic rings. The van der Waals surface area contributed by atoms with E-state index in [2.05, 4.69) is 15.6 Å². The van der Waals surface area contributed by atoms with E-state index in [0.29, 0.717) is 32.1 Å². The average molecular weight is 497 g/mol. The van der Waals surface area contributed by atoms with Crippen molar-refractivity contribution in [2.24, 2.45) is 10.4 Å². The van der Waals surface area contributed by atoms with Crippen molar-refractivity contribution in [1.29, 1.82) is 0 Å². The predicted molar refractivity (Wildman–Crippen MR) is 120 cm³/mol. The molecule has 0 unspecified atom stereocenters. The van der Waals surface area contributed by atoms with E-state index < -0.39 is 9.84 Å². The third kappa shape index (κ3) is 11.6. The van der Waals surface area contributed by atoms with Crippen molar-refractivity contribution < 1.29 is 13.2 Å². The van der Waals surface area contributed by atoms with Gasteiger partial charge in [0.1, 0.15) is 22.2 Å². The van der Waals surface area contributed by atoms with E-state index in [0.717, 1.165) is 5.75 Å². The number of rotatable bonds is 9. The molecule has 150 valence electrons. The van der Waals surface area contributed by atoms with Gasteiger partial charge in [0.15, 0.2) is 5.96 Å². The van der Waals surface area contributed by atoms with Crippen LogP contribution in [0.5, 0.6) is 5.75 Å². The summed E-state index contributed by atoms with van der Waals surface area (Å²) >= 11 is 0.